The highest BCUT2D eigenvalue weighted by Gasteiger charge is 2.12. The Kier molecular flexibility index (Phi) is 12.5. The number of unbranched alkanes of at least 4 members (excludes halogenated alkanes) is 12. The topological polar surface area (TPSA) is 15.6 Å². The van der Waals surface area contributed by atoms with Crippen LogP contribution in [0.4, 0.5) is 0 Å². The zero-order valence-corrected chi connectivity index (χ0v) is 15.4. The Morgan fingerprint density at radius 3 is 1.77 bits per heavy atom. The third-order valence-corrected chi connectivity index (χ3v) is 5.01. The summed E-state index contributed by atoms with van der Waals surface area (Å²) >= 11 is 0. The van der Waals surface area contributed by atoms with E-state index in [1.54, 1.807) is 0 Å². The zero-order chi connectivity index (χ0) is 15.9. The van der Waals surface area contributed by atoms with Gasteiger partial charge in [0.2, 0.25) is 0 Å². The van der Waals surface area contributed by atoms with Crippen molar-refractivity contribution in [3.8, 4) is 0 Å². The average molecular weight is 309 g/mol. The van der Waals surface area contributed by atoms with Gasteiger partial charge in [-0.25, -0.2) is 0 Å². The summed E-state index contributed by atoms with van der Waals surface area (Å²) in [5.41, 5.74) is 0. The minimum absolute atomic E-state index is 0.693. The van der Waals surface area contributed by atoms with Crippen molar-refractivity contribution < 1.29 is 0 Å². The maximum Gasteiger partial charge on any atom is 0.0853 e. The van der Waals surface area contributed by atoms with Crippen molar-refractivity contribution in [1.82, 2.24) is 4.90 Å². The number of nitrogens with zero attached hydrogens (tertiary/aromatic N) is 2. The molecule has 130 valence electrons. The van der Waals surface area contributed by atoms with Gasteiger partial charge >= 0.3 is 0 Å². The Labute approximate surface area is 139 Å². The average Bonchev–Trinajstić information content (AvgIpc) is 3.06. The summed E-state index contributed by atoms with van der Waals surface area (Å²) < 4.78 is 0. The fraction of sp³-hybridized carbons (Fsp3) is 0.950. The van der Waals surface area contributed by atoms with Gasteiger partial charge in [0.25, 0.3) is 0 Å². The van der Waals surface area contributed by atoms with Crippen LogP contribution in [0.15, 0.2) is 4.99 Å². The SMILES string of the molecule is CCCCCCCCCCCCCCCC(C)N1C=NCC1. The second kappa shape index (κ2) is 14.1. The summed E-state index contributed by atoms with van der Waals surface area (Å²) in [5, 5.41) is 0. The summed E-state index contributed by atoms with van der Waals surface area (Å²) in [6, 6.07) is 0.693. The van der Waals surface area contributed by atoms with E-state index in [1.807, 2.05) is 6.34 Å². The maximum atomic E-state index is 4.30. The first-order valence-electron chi connectivity index (χ1n) is 10.1. The van der Waals surface area contributed by atoms with E-state index in [2.05, 4.69) is 23.7 Å². The van der Waals surface area contributed by atoms with E-state index in [0.29, 0.717) is 6.04 Å². The Hall–Kier alpha value is -0.530. The van der Waals surface area contributed by atoms with E-state index in [-0.39, 0.29) is 0 Å². The van der Waals surface area contributed by atoms with E-state index in [9.17, 15) is 0 Å². The molecular formula is C20H40N2. The Balaban J connectivity index is 1.73. The molecule has 0 N–H and O–H groups in total. The molecule has 0 aromatic carbocycles. The van der Waals surface area contributed by atoms with Gasteiger partial charge in [0.1, 0.15) is 0 Å². The maximum absolute atomic E-state index is 4.30. The number of rotatable bonds is 15. The van der Waals surface area contributed by atoms with Gasteiger partial charge in [-0.3, -0.25) is 4.99 Å². The fourth-order valence-electron chi connectivity index (χ4n) is 3.35. The van der Waals surface area contributed by atoms with Crippen LogP contribution in [0.3, 0.4) is 0 Å². The highest BCUT2D eigenvalue weighted by Crippen LogP contribution is 2.14. The third-order valence-electron chi connectivity index (χ3n) is 5.01. The Bertz CT molecular complexity index is 262. The normalized spacial score (nSPS) is 15.6. The standard InChI is InChI=1S/C20H40N2/c1-3-4-5-6-7-8-9-10-11-12-13-14-15-16-20(2)22-18-17-21-19-22/h19-20H,3-18H2,1-2H3. The van der Waals surface area contributed by atoms with Crippen molar-refractivity contribution in [1.29, 1.82) is 0 Å². The molecule has 0 fully saturated rings. The van der Waals surface area contributed by atoms with E-state index < -0.39 is 0 Å². The van der Waals surface area contributed by atoms with E-state index in [4.69, 9.17) is 0 Å². The molecule has 1 unspecified atom stereocenters. The molecule has 0 radical (unpaired) electrons. The molecule has 1 aliphatic rings. The van der Waals surface area contributed by atoms with Gasteiger partial charge in [0.05, 0.1) is 12.9 Å². The number of aliphatic imine (C=N–C) groups is 1. The second-order valence-corrected chi connectivity index (χ2v) is 7.14. The van der Waals surface area contributed by atoms with Crippen LogP contribution in [-0.2, 0) is 0 Å². The molecule has 0 bridgehead atoms. The van der Waals surface area contributed by atoms with Crippen molar-refractivity contribution in [3.63, 3.8) is 0 Å². The first-order valence-corrected chi connectivity index (χ1v) is 10.1. The van der Waals surface area contributed by atoms with Crippen molar-refractivity contribution in [2.75, 3.05) is 13.1 Å². The van der Waals surface area contributed by atoms with E-state index in [1.165, 1.54) is 89.9 Å². The van der Waals surface area contributed by atoms with Crippen molar-refractivity contribution in [2.45, 2.75) is 110 Å². The molecule has 1 heterocycles. The zero-order valence-electron chi connectivity index (χ0n) is 15.4. The van der Waals surface area contributed by atoms with Crippen molar-refractivity contribution in [2.24, 2.45) is 4.99 Å². The molecule has 0 aliphatic carbocycles. The molecule has 1 rings (SSSR count). The molecule has 0 saturated carbocycles. The van der Waals surface area contributed by atoms with E-state index in [0.717, 1.165) is 13.1 Å². The minimum Gasteiger partial charge on any atom is -0.358 e. The van der Waals surface area contributed by atoms with Gasteiger partial charge in [-0.2, -0.15) is 0 Å². The Morgan fingerprint density at radius 1 is 0.818 bits per heavy atom. The van der Waals surface area contributed by atoms with Crippen LogP contribution >= 0.6 is 0 Å². The predicted molar refractivity (Wildman–Crippen MR) is 99.8 cm³/mol. The molecule has 2 heteroatoms. The van der Waals surface area contributed by atoms with Gasteiger partial charge in [0, 0.05) is 12.6 Å². The van der Waals surface area contributed by atoms with Crippen molar-refractivity contribution >= 4 is 6.34 Å². The lowest BCUT2D eigenvalue weighted by atomic mass is 10.0. The predicted octanol–water partition coefficient (Wildman–Crippen LogP) is 6.20. The molecule has 0 amide bonds. The molecule has 1 aliphatic heterocycles. The lowest BCUT2D eigenvalue weighted by molar-refractivity contribution is 0.337. The van der Waals surface area contributed by atoms with Crippen LogP contribution < -0.4 is 0 Å². The number of hydrogen-bond donors (Lipinski definition) is 0. The molecule has 0 saturated heterocycles. The first-order chi connectivity index (χ1) is 10.8. The largest absolute Gasteiger partial charge is 0.358 e. The van der Waals surface area contributed by atoms with Gasteiger partial charge in [-0.15, -0.1) is 0 Å². The Morgan fingerprint density at radius 2 is 1.32 bits per heavy atom. The van der Waals surface area contributed by atoms with Gasteiger partial charge in [-0.1, -0.05) is 90.4 Å². The highest BCUT2D eigenvalue weighted by molar-refractivity contribution is 5.57. The molecule has 22 heavy (non-hydrogen) atoms. The summed E-state index contributed by atoms with van der Waals surface area (Å²) in [7, 11) is 0. The smallest absolute Gasteiger partial charge is 0.0853 e. The lowest BCUT2D eigenvalue weighted by Gasteiger charge is -2.22. The van der Waals surface area contributed by atoms with Crippen LogP contribution in [0.1, 0.15) is 104 Å². The molecule has 0 aromatic rings. The minimum atomic E-state index is 0.693. The van der Waals surface area contributed by atoms with Crippen LogP contribution in [0, 0.1) is 0 Å². The summed E-state index contributed by atoms with van der Waals surface area (Å²) in [4.78, 5) is 6.70. The summed E-state index contributed by atoms with van der Waals surface area (Å²) in [5.74, 6) is 0. The van der Waals surface area contributed by atoms with Crippen LogP contribution in [0.2, 0.25) is 0 Å². The first kappa shape index (κ1) is 19.5. The summed E-state index contributed by atoms with van der Waals surface area (Å²) in [6.45, 7) is 6.78. The van der Waals surface area contributed by atoms with Gasteiger partial charge in [0.15, 0.2) is 0 Å². The van der Waals surface area contributed by atoms with Crippen molar-refractivity contribution in [3.05, 3.63) is 0 Å². The fourth-order valence-corrected chi connectivity index (χ4v) is 3.35. The monoisotopic (exact) mass is 308 g/mol. The summed E-state index contributed by atoms with van der Waals surface area (Å²) in [6.07, 6.45) is 22.2. The van der Waals surface area contributed by atoms with Crippen LogP contribution in [0.25, 0.3) is 0 Å². The molecule has 1 atom stereocenters. The highest BCUT2D eigenvalue weighted by atomic mass is 15.2. The number of hydrogen-bond acceptors (Lipinski definition) is 2. The van der Waals surface area contributed by atoms with E-state index >= 15 is 0 Å². The molecular weight excluding hydrogens is 268 g/mol. The molecule has 0 aromatic heterocycles. The molecule has 2 nitrogen and oxygen atoms in total. The lowest BCUT2D eigenvalue weighted by Crippen LogP contribution is -2.30. The third kappa shape index (κ3) is 10.2. The quantitative estimate of drug-likeness (QED) is 0.329. The van der Waals surface area contributed by atoms with Gasteiger partial charge < -0.3 is 4.90 Å². The van der Waals surface area contributed by atoms with Crippen LogP contribution in [0.5, 0.6) is 0 Å². The van der Waals surface area contributed by atoms with Gasteiger partial charge in [-0.05, 0) is 13.3 Å². The molecule has 0 spiro atoms. The van der Waals surface area contributed by atoms with Crippen LogP contribution in [-0.4, -0.2) is 30.4 Å². The second-order valence-electron chi connectivity index (χ2n) is 7.14.